The van der Waals surface area contributed by atoms with Crippen LogP contribution in [0.2, 0.25) is 0 Å². The van der Waals surface area contributed by atoms with E-state index in [0.717, 1.165) is 33.0 Å². The summed E-state index contributed by atoms with van der Waals surface area (Å²) in [5.41, 5.74) is 9.37. The summed E-state index contributed by atoms with van der Waals surface area (Å²) in [6, 6.07) is 43.9. The first-order valence-corrected chi connectivity index (χ1v) is 16.2. The molecule has 9 aromatic rings. The van der Waals surface area contributed by atoms with Crippen LogP contribution in [0.15, 0.2) is 158 Å². The fraction of sp³-hybridized carbons (Fsp3) is 0.0638. The summed E-state index contributed by atoms with van der Waals surface area (Å²) in [5.74, 6) is 0. The SMILES string of the molecule is [2H]c1c([2H])c([2H])c(-c2cc(-c3ccc4c(c3)C(C)(C)c3cccc5cccc-4c35)cc(-c3ccc4ccc5cccc6ccc3c4c56)c2)c([2H])c1[2H]. The van der Waals surface area contributed by atoms with E-state index in [1.807, 2.05) is 12.1 Å². The Bertz CT molecular complexity index is 2940. The van der Waals surface area contributed by atoms with Gasteiger partial charge in [0.2, 0.25) is 0 Å². The Kier molecular flexibility index (Phi) is 4.50. The largest absolute Gasteiger partial charge is 0.0629 e. The third-order valence-corrected chi connectivity index (χ3v) is 10.5. The zero-order valence-electron chi connectivity index (χ0n) is 31.1. The molecule has 220 valence electrons. The predicted molar refractivity (Wildman–Crippen MR) is 202 cm³/mol. The van der Waals surface area contributed by atoms with Gasteiger partial charge in [-0.05, 0) is 123 Å². The van der Waals surface area contributed by atoms with Gasteiger partial charge in [-0.25, -0.2) is 0 Å². The minimum absolute atomic E-state index is 0.200. The first-order valence-electron chi connectivity index (χ1n) is 18.7. The fourth-order valence-corrected chi connectivity index (χ4v) is 8.18. The van der Waals surface area contributed by atoms with E-state index in [-0.39, 0.29) is 35.1 Å². The van der Waals surface area contributed by atoms with Crippen molar-refractivity contribution in [3.05, 3.63) is 169 Å². The maximum atomic E-state index is 8.92. The number of hydrogen-bond donors (Lipinski definition) is 0. The van der Waals surface area contributed by atoms with Crippen molar-refractivity contribution in [1.82, 2.24) is 0 Å². The molecule has 1 aliphatic carbocycles. The highest BCUT2D eigenvalue weighted by molar-refractivity contribution is 6.25. The van der Waals surface area contributed by atoms with Crippen LogP contribution in [0.25, 0.3) is 87.6 Å². The zero-order chi connectivity index (χ0) is 35.6. The van der Waals surface area contributed by atoms with Gasteiger partial charge in [-0.1, -0.05) is 147 Å². The Morgan fingerprint density at radius 3 is 1.79 bits per heavy atom. The molecule has 0 fully saturated rings. The lowest BCUT2D eigenvalue weighted by Crippen LogP contribution is -2.23. The van der Waals surface area contributed by atoms with Gasteiger partial charge in [0, 0.05) is 5.41 Å². The van der Waals surface area contributed by atoms with Crippen molar-refractivity contribution in [3.8, 4) is 44.5 Å². The molecule has 0 N–H and O–H groups in total. The second kappa shape index (κ2) is 9.64. The molecule has 0 radical (unpaired) electrons. The summed E-state index contributed by atoms with van der Waals surface area (Å²) in [7, 11) is 0. The van der Waals surface area contributed by atoms with Crippen molar-refractivity contribution in [2.24, 2.45) is 0 Å². The minimum atomic E-state index is -0.394. The van der Waals surface area contributed by atoms with Crippen LogP contribution in [0.5, 0.6) is 0 Å². The maximum absolute atomic E-state index is 8.92. The van der Waals surface area contributed by atoms with E-state index in [2.05, 4.69) is 129 Å². The molecule has 0 saturated heterocycles. The highest BCUT2D eigenvalue weighted by Crippen LogP contribution is 2.50. The van der Waals surface area contributed by atoms with Gasteiger partial charge in [-0.3, -0.25) is 0 Å². The fourth-order valence-electron chi connectivity index (χ4n) is 8.18. The van der Waals surface area contributed by atoms with Crippen LogP contribution >= 0.6 is 0 Å². The molecule has 0 heterocycles. The molecular weight excluding hydrogens is 565 g/mol. The van der Waals surface area contributed by atoms with Gasteiger partial charge < -0.3 is 0 Å². The van der Waals surface area contributed by atoms with E-state index in [1.54, 1.807) is 0 Å². The van der Waals surface area contributed by atoms with E-state index >= 15 is 0 Å². The smallest absolute Gasteiger partial charge is 0.0622 e. The molecule has 9 aromatic carbocycles. The standard InChI is InChI=1S/C47H32/c1-47(2)42-16-8-14-30-13-7-15-40(45(30)42)39-23-21-34(28-43(39)47)36-25-35(29-9-4-3-5-10-29)26-37(27-36)38-22-19-33-18-17-31-11-6-12-32-20-24-41(38)46(33)44(31)32/h3-28H,1-2H3/i3D,4D,5D,9D,10D. The monoisotopic (exact) mass is 601 g/mol. The van der Waals surface area contributed by atoms with Crippen LogP contribution < -0.4 is 0 Å². The van der Waals surface area contributed by atoms with E-state index in [0.29, 0.717) is 5.56 Å². The Morgan fingerprint density at radius 1 is 0.404 bits per heavy atom. The zero-order valence-corrected chi connectivity index (χ0v) is 26.1. The second-order valence-corrected chi connectivity index (χ2v) is 13.4. The van der Waals surface area contributed by atoms with Gasteiger partial charge >= 0.3 is 0 Å². The average Bonchev–Trinajstić information content (AvgIpc) is 3.17. The lowest BCUT2D eigenvalue weighted by atomic mass is 9.68. The van der Waals surface area contributed by atoms with E-state index in [4.69, 9.17) is 6.85 Å². The van der Waals surface area contributed by atoms with Crippen molar-refractivity contribution in [2.75, 3.05) is 0 Å². The molecule has 0 aliphatic heterocycles. The van der Waals surface area contributed by atoms with Gasteiger partial charge in [-0.2, -0.15) is 0 Å². The summed E-state index contributed by atoms with van der Waals surface area (Å²) in [4.78, 5) is 0. The molecule has 0 amide bonds. The van der Waals surface area contributed by atoms with Crippen LogP contribution in [-0.2, 0) is 5.41 Å². The summed E-state index contributed by atoms with van der Waals surface area (Å²) in [5, 5.41) is 9.63. The van der Waals surface area contributed by atoms with Crippen LogP contribution in [0.3, 0.4) is 0 Å². The highest BCUT2D eigenvalue weighted by atomic mass is 14.4. The minimum Gasteiger partial charge on any atom is -0.0622 e. The van der Waals surface area contributed by atoms with Crippen molar-refractivity contribution >= 4 is 43.1 Å². The summed E-state index contributed by atoms with van der Waals surface area (Å²) >= 11 is 0. The lowest BCUT2D eigenvalue weighted by molar-refractivity contribution is 0.645. The number of hydrogen-bond acceptors (Lipinski definition) is 0. The van der Waals surface area contributed by atoms with Crippen LogP contribution in [-0.4, -0.2) is 0 Å². The molecule has 0 bridgehead atoms. The molecule has 10 rings (SSSR count). The predicted octanol–water partition coefficient (Wildman–Crippen LogP) is 13.0. The van der Waals surface area contributed by atoms with Gasteiger partial charge in [0.1, 0.15) is 0 Å². The van der Waals surface area contributed by atoms with Crippen molar-refractivity contribution in [1.29, 1.82) is 0 Å². The highest BCUT2D eigenvalue weighted by Gasteiger charge is 2.33. The molecule has 0 unspecified atom stereocenters. The van der Waals surface area contributed by atoms with Gasteiger partial charge in [0.05, 0.1) is 6.85 Å². The van der Waals surface area contributed by atoms with Crippen LogP contribution in [0.1, 0.15) is 31.8 Å². The molecule has 0 spiro atoms. The molecular formula is C47H32. The normalized spacial score (nSPS) is 15.0. The second-order valence-electron chi connectivity index (χ2n) is 13.4. The third kappa shape index (κ3) is 3.82. The molecule has 47 heavy (non-hydrogen) atoms. The van der Waals surface area contributed by atoms with Crippen molar-refractivity contribution in [2.45, 2.75) is 19.3 Å². The van der Waals surface area contributed by atoms with Crippen LogP contribution in [0.4, 0.5) is 0 Å². The Morgan fingerprint density at radius 2 is 1.00 bits per heavy atom. The topological polar surface area (TPSA) is 0 Å². The van der Waals surface area contributed by atoms with E-state index in [9.17, 15) is 0 Å². The molecule has 0 aromatic heterocycles. The molecule has 1 aliphatic rings. The first-order chi connectivity index (χ1) is 25.1. The number of fused-ring (bicyclic) bond motifs is 2. The van der Waals surface area contributed by atoms with Gasteiger partial charge in [-0.15, -0.1) is 0 Å². The van der Waals surface area contributed by atoms with Crippen molar-refractivity contribution in [3.63, 3.8) is 0 Å². The van der Waals surface area contributed by atoms with E-state index < -0.39 is 6.04 Å². The molecule has 0 heteroatoms. The molecule has 0 nitrogen and oxygen atoms in total. The number of benzene rings is 9. The molecule has 0 atom stereocenters. The summed E-state index contributed by atoms with van der Waals surface area (Å²) in [6.45, 7) is 4.58. The summed E-state index contributed by atoms with van der Waals surface area (Å²) < 4.78 is 43.1. The van der Waals surface area contributed by atoms with E-state index in [1.165, 1.54) is 54.6 Å². The molecule has 0 saturated carbocycles. The van der Waals surface area contributed by atoms with Gasteiger partial charge in [0.15, 0.2) is 0 Å². The maximum Gasteiger partial charge on any atom is 0.0629 e. The van der Waals surface area contributed by atoms with Crippen LogP contribution in [0, 0.1) is 0 Å². The quantitative estimate of drug-likeness (QED) is 0.177. The Hall–Kier alpha value is -5.72. The Labute approximate surface area is 281 Å². The average molecular weight is 602 g/mol. The lowest BCUT2D eigenvalue weighted by Gasteiger charge is -2.35. The third-order valence-electron chi connectivity index (χ3n) is 10.5. The summed E-state index contributed by atoms with van der Waals surface area (Å²) in [6.07, 6.45) is 0. The van der Waals surface area contributed by atoms with Crippen molar-refractivity contribution < 1.29 is 6.85 Å². The van der Waals surface area contributed by atoms with Gasteiger partial charge in [0.25, 0.3) is 0 Å². The first kappa shape index (κ1) is 21.9. The number of rotatable bonds is 3. The Balaban J connectivity index is 1.26.